The summed E-state index contributed by atoms with van der Waals surface area (Å²) < 4.78 is 5.22. The van der Waals surface area contributed by atoms with Crippen LogP contribution in [0.5, 0.6) is 5.75 Å². The molecule has 1 atom stereocenters. The first-order valence-corrected chi connectivity index (χ1v) is 5.23. The summed E-state index contributed by atoms with van der Waals surface area (Å²) in [6, 6.07) is 6.47. The van der Waals surface area contributed by atoms with Gasteiger partial charge >= 0.3 is 0 Å². The van der Waals surface area contributed by atoms with Gasteiger partial charge in [-0.3, -0.25) is 0 Å². The number of benzene rings is 1. The summed E-state index contributed by atoms with van der Waals surface area (Å²) in [6.45, 7) is 0. The minimum absolute atomic E-state index is 0.221. The van der Waals surface area contributed by atoms with Crippen LogP contribution in [0.15, 0.2) is 18.2 Å². The van der Waals surface area contributed by atoms with Crippen LogP contribution in [0, 0.1) is 0 Å². The Balaban J connectivity index is 2.38. The molecule has 76 valence electrons. The first-order valence-electron chi connectivity index (χ1n) is 5.23. The third-order valence-electron chi connectivity index (χ3n) is 2.96. The molecule has 0 heterocycles. The summed E-state index contributed by atoms with van der Waals surface area (Å²) >= 11 is 0. The molecule has 0 bridgehead atoms. The Kier molecular flexibility index (Phi) is 2.73. The standard InChI is InChI=1S/C12H17NO/c1-14-10-6-7-11-9(8-10)4-2-3-5-12(11)13/h6-8,12H,2-5,13H2,1H3. The van der Waals surface area contributed by atoms with Crippen molar-refractivity contribution >= 4 is 0 Å². The normalized spacial score (nSPS) is 21.1. The van der Waals surface area contributed by atoms with Crippen molar-refractivity contribution in [3.8, 4) is 5.75 Å². The van der Waals surface area contributed by atoms with Crippen LogP contribution in [0.1, 0.15) is 36.4 Å². The van der Waals surface area contributed by atoms with Gasteiger partial charge in [0, 0.05) is 6.04 Å². The van der Waals surface area contributed by atoms with Gasteiger partial charge in [0.1, 0.15) is 5.75 Å². The van der Waals surface area contributed by atoms with E-state index in [9.17, 15) is 0 Å². The Morgan fingerprint density at radius 3 is 3.00 bits per heavy atom. The molecule has 0 radical (unpaired) electrons. The smallest absolute Gasteiger partial charge is 0.119 e. The van der Waals surface area contributed by atoms with Crippen molar-refractivity contribution in [1.29, 1.82) is 0 Å². The van der Waals surface area contributed by atoms with Crippen molar-refractivity contribution in [3.63, 3.8) is 0 Å². The topological polar surface area (TPSA) is 35.2 Å². The molecule has 1 aliphatic carbocycles. The maximum atomic E-state index is 6.10. The van der Waals surface area contributed by atoms with E-state index in [4.69, 9.17) is 10.5 Å². The molecule has 1 aliphatic rings. The average molecular weight is 191 g/mol. The molecule has 14 heavy (non-hydrogen) atoms. The van der Waals surface area contributed by atoms with Crippen LogP contribution in [-0.2, 0) is 6.42 Å². The van der Waals surface area contributed by atoms with E-state index in [2.05, 4.69) is 12.1 Å². The number of fused-ring (bicyclic) bond motifs is 1. The first-order chi connectivity index (χ1) is 6.81. The fourth-order valence-corrected chi connectivity index (χ4v) is 2.12. The monoisotopic (exact) mass is 191 g/mol. The summed E-state index contributed by atoms with van der Waals surface area (Å²) in [5.74, 6) is 0.942. The van der Waals surface area contributed by atoms with Crippen LogP contribution in [0.25, 0.3) is 0 Å². The SMILES string of the molecule is COc1ccc2c(c1)CCCCC2N. The summed E-state index contributed by atoms with van der Waals surface area (Å²) in [5, 5.41) is 0. The number of methoxy groups -OCH3 is 1. The van der Waals surface area contributed by atoms with Crippen LogP contribution in [0.4, 0.5) is 0 Å². The first kappa shape index (κ1) is 9.53. The van der Waals surface area contributed by atoms with E-state index in [0.29, 0.717) is 0 Å². The van der Waals surface area contributed by atoms with Crippen molar-refractivity contribution < 1.29 is 4.74 Å². The maximum Gasteiger partial charge on any atom is 0.119 e. The Hall–Kier alpha value is -1.02. The van der Waals surface area contributed by atoms with Crippen molar-refractivity contribution in [3.05, 3.63) is 29.3 Å². The zero-order valence-electron chi connectivity index (χ0n) is 8.62. The van der Waals surface area contributed by atoms with Gasteiger partial charge in [0.15, 0.2) is 0 Å². The third-order valence-corrected chi connectivity index (χ3v) is 2.96. The van der Waals surface area contributed by atoms with Gasteiger partial charge < -0.3 is 10.5 Å². The highest BCUT2D eigenvalue weighted by molar-refractivity contribution is 5.38. The maximum absolute atomic E-state index is 6.10. The number of aryl methyl sites for hydroxylation is 1. The molecular formula is C12H17NO. The molecule has 1 aromatic carbocycles. The lowest BCUT2D eigenvalue weighted by molar-refractivity contribution is 0.414. The van der Waals surface area contributed by atoms with Crippen molar-refractivity contribution in [2.75, 3.05) is 7.11 Å². The van der Waals surface area contributed by atoms with Crippen molar-refractivity contribution in [1.82, 2.24) is 0 Å². The average Bonchev–Trinajstić information content (AvgIpc) is 2.40. The highest BCUT2D eigenvalue weighted by Crippen LogP contribution is 2.29. The molecule has 2 rings (SSSR count). The van der Waals surface area contributed by atoms with Gasteiger partial charge in [0.05, 0.1) is 7.11 Å². The van der Waals surface area contributed by atoms with Crippen molar-refractivity contribution in [2.45, 2.75) is 31.7 Å². The molecule has 0 fully saturated rings. The van der Waals surface area contributed by atoms with E-state index < -0.39 is 0 Å². The van der Waals surface area contributed by atoms with E-state index in [1.165, 1.54) is 24.0 Å². The highest BCUT2D eigenvalue weighted by atomic mass is 16.5. The van der Waals surface area contributed by atoms with E-state index in [-0.39, 0.29) is 6.04 Å². The summed E-state index contributed by atoms with van der Waals surface area (Å²) in [7, 11) is 1.71. The Bertz CT molecular complexity index is 322. The Morgan fingerprint density at radius 2 is 2.21 bits per heavy atom. The Labute approximate surface area is 85.1 Å². The quantitative estimate of drug-likeness (QED) is 0.692. The Morgan fingerprint density at radius 1 is 1.36 bits per heavy atom. The number of rotatable bonds is 1. The van der Waals surface area contributed by atoms with E-state index >= 15 is 0 Å². The van der Waals surface area contributed by atoms with Gasteiger partial charge in [0.2, 0.25) is 0 Å². The van der Waals surface area contributed by atoms with Gasteiger partial charge in [-0.1, -0.05) is 12.5 Å². The molecule has 1 unspecified atom stereocenters. The second-order valence-corrected chi connectivity index (χ2v) is 3.92. The summed E-state index contributed by atoms with van der Waals surface area (Å²) in [5.41, 5.74) is 8.78. The number of hydrogen-bond donors (Lipinski definition) is 1. The van der Waals surface area contributed by atoms with Crippen LogP contribution in [-0.4, -0.2) is 7.11 Å². The van der Waals surface area contributed by atoms with E-state index in [0.717, 1.165) is 18.6 Å². The lowest BCUT2D eigenvalue weighted by Crippen LogP contribution is -2.10. The number of nitrogens with two attached hydrogens (primary N) is 1. The predicted molar refractivity (Wildman–Crippen MR) is 57.5 cm³/mol. The second kappa shape index (κ2) is 4.01. The molecule has 0 spiro atoms. The fraction of sp³-hybridized carbons (Fsp3) is 0.500. The number of hydrogen-bond acceptors (Lipinski definition) is 2. The van der Waals surface area contributed by atoms with Crippen LogP contribution in [0.3, 0.4) is 0 Å². The molecule has 0 amide bonds. The minimum Gasteiger partial charge on any atom is -0.497 e. The summed E-state index contributed by atoms with van der Waals surface area (Å²) in [6.07, 6.45) is 4.73. The van der Waals surface area contributed by atoms with Gasteiger partial charge in [-0.05, 0) is 42.5 Å². The van der Waals surface area contributed by atoms with Crippen molar-refractivity contribution in [2.24, 2.45) is 5.73 Å². The van der Waals surface area contributed by atoms with Crippen LogP contribution < -0.4 is 10.5 Å². The number of ether oxygens (including phenoxy) is 1. The molecule has 0 saturated carbocycles. The van der Waals surface area contributed by atoms with Crippen LogP contribution >= 0.6 is 0 Å². The van der Waals surface area contributed by atoms with Crippen LogP contribution in [0.2, 0.25) is 0 Å². The molecule has 2 nitrogen and oxygen atoms in total. The van der Waals surface area contributed by atoms with E-state index in [1.807, 2.05) is 6.07 Å². The lowest BCUT2D eigenvalue weighted by atomic mass is 9.99. The summed E-state index contributed by atoms with van der Waals surface area (Å²) in [4.78, 5) is 0. The zero-order chi connectivity index (χ0) is 9.97. The second-order valence-electron chi connectivity index (χ2n) is 3.92. The molecular weight excluding hydrogens is 174 g/mol. The lowest BCUT2D eigenvalue weighted by Gasteiger charge is -2.13. The predicted octanol–water partition coefficient (Wildman–Crippen LogP) is 2.42. The highest BCUT2D eigenvalue weighted by Gasteiger charge is 2.15. The fourth-order valence-electron chi connectivity index (χ4n) is 2.12. The molecule has 0 aromatic heterocycles. The van der Waals surface area contributed by atoms with Gasteiger partial charge in [0.25, 0.3) is 0 Å². The molecule has 2 heteroatoms. The minimum atomic E-state index is 0.221. The zero-order valence-corrected chi connectivity index (χ0v) is 8.62. The van der Waals surface area contributed by atoms with Gasteiger partial charge in [-0.25, -0.2) is 0 Å². The van der Waals surface area contributed by atoms with Gasteiger partial charge in [-0.15, -0.1) is 0 Å². The molecule has 0 aliphatic heterocycles. The van der Waals surface area contributed by atoms with Gasteiger partial charge in [-0.2, -0.15) is 0 Å². The molecule has 2 N–H and O–H groups in total. The molecule has 1 aromatic rings. The largest absolute Gasteiger partial charge is 0.497 e. The third kappa shape index (κ3) is 1.75. The van der Waals surface area contributed by atoms with E-state index in [1.54, 1.807) is 7.11 Å². The molecule has 0 saturated heterocycles.